The fraction of sp³-hybridized carbons (Fsp3) is 0.364. The molecule has 0 aliphatic carbocycles. The number of rotatable bonds is 6. The highest BCUT2D eigenvalue weighted by Gasteiger charge is 2.37. The second kappa shape index (κ2) is 6.26. The number of nitrogens with zero attached hydrogens (tertiary/aromatic N) is 1. The van der Waals surface area contributed by atoms with Gasteiger partial charge in [-0.2, -0.15) is 13.1 Å². The van der Waals surface area contributed by atoms with Crippen LogP contribution in [0.4, 0.5) is 8.78 Å². The van der Waals surface area contributed by atoms with Crippen molar-refractivity contribution in [3.8, 4) is 0 Å². The SMILES string of the molecule is CC(C(=O)O)N(C)S(=O)(=O)c1ccccc1S(=O)(=O)C(F)F. The lowest BCUT2D eigenvalue weighted by molar-refractivity contribution is -0.140. The van der Waals surface area contributed by atoms with Gasteiger partial charge in [0.15, 0.2) is 0 Å². The van der Waals surface area contributed by atoms with E-state index < -0.39 is 47.4 Å². The fourth-order valence-electron chi connectivity index (χ4n) is 1.51. The van der Waals surface area contributed by atoms with Crippen molar-refractivity contribution >= 4 is 25.8 Å². The average Bonchev–Trinajstić information content (AvgIpc) is 2.45. The Bertz CT molecular complexity index is 776. The van der Waals surface area contributed by atoms with Gasteiger partial charge in [-0.3, -0.25) is 4.79 Å². The van der Waals surface area contributed by atoms with Gasteiger partial charge in [-0.05, 0) is 19.1 Å². The van der Waals surface area contributed by atoms with E-state index in [-0.39, 0.29) is 0 Å². The summed E-state index contributed by atoms with van der Waals surface area (Å²) in [5.41, 5.74) is 0. The molecule has 0 saturated heterocycles. The summed E-state index contributed by atoms with van der Waals surface area (Å²) in [5, 5.41) is 8.84. The van der Waals surface area contributed by atoms with Crippen LogP contribution in [0.25, 0.3) is 0 Å². The molecule has 0 bridgehead atoms. The minimum Gasteiger partial charge on any atom is -0.480 e. The molecule has 0 radical (unpaired) electrons. The predicted octanol–water partition coefficient (Wildman–Crippen LogP) is 0.776. The van der Waals surface area contributed by atoms with Crippen LogP contribution in [0.15, 0.2) is 34.1 Å². The van der Waals surface area contributed by atoms with E-state index in [2.05, 4.69) is 0 Å². The normalized spacial score (nSPS) is 14.3. The number of alkyl halides is 2. The third-order valence-corrected chi connectivity index (χ3v) is 6.50. The Balaban J connectivity index is 3.56. The van der Waals surface area contributed by atoms with E-state index >= 15 is 0 Å². The average molecular weight is 357 g/mol. The summed E-state index contributed by atoms with van der Waals surface area (Å²) in [6, 6.07) is 2.29. The van der Waals surface area contributed by atoms with Gasteiger partial charge >= 0.3 is 11.7 Å². The minimum absolute atomic E-state index is 0.398. The molecule has 0 aliphatic rings. The van der Waals surface area contributed by atoms with Gasteiger partial charge in [0.05, 0.1) is 4.90 Å². The van der Waals surface area contributed by atoms with E-state index in [0.29, 0.717) is 4.31 Å². The second-order valence-electron chi connectivity index (χ2n) is 4.29. The van der Waals surface area contributed by atoms with Gasteiger partial charge in [-0.15, -0.1) is 0 Å². The summed E-state index contributed by atoms with van der Waals surface area (Å²) in [5.74, 6) is -5.27. The van der Waals surface area contributed by atoms with Gasteiger partial charge in [-0.1, -0.05) is 12.1 Å². The molecule has 1 aromatic carbocycles. The summed E-state index contributed by atoms with van der Waals surface area (Å²) >= 11 is 0. The van der Waals surface area contributed by atoms with Gasteiger partial charge in [0.1, 0.15) is 10.9 Å². The van der Waals surface area contributed by atoms with Crippen LogP contribution in [-0.2, 0) is 24.7 Å². The Morgan fingerprint density at radius 1 is 1.14 bits per heavy atom. The van der Waals surface area contributed by atoms with Crippen LogP contribution < -0.4 is 0 Å². The number of carboxylic acids is 1. The summed E-state index contributed by atoms with van der Waals surface area (Å²) < 4.78 is 73.5. The molecule has 1 rings (SSSR count). The van der Waals surface area contributed by atoms with E-state index in [9.17, 15) is 30.4 Å². The zero-order chi connectivity index (χ0) is 17.3. The van der Waals surface area contributed by atoms with Crippen molar-refractivity contribution in [1.29, 1.82) is 0 Å². The topological polar surface area (TPSA) is 109 Å². The van der Waals surface area contributed by atoms with Crippen LogP contribution >= 0.6 is 0 Å². The maximum absolute atomic E-state index is 12.7. The van der Waals surface area contributed by atoms with Gasteiger partial charge in [0.2, 0.25) is 19.9 Å². The maximum Gasteiger partial charge on any atom is 0.341 e. The predicted molar refractivity (Wildman–Crippen MR) is 71.7 cm³/mol. The molecule has 11 heteroatoms. The van der Waals surface area contributed by atoms with Crippen molar-refractivity contribution in [3.63, 3.8) is 0 Å². The third-order valence-electron chi connectivity index (χ3n) is 2.95. The molecule has 0 fully saturated rings. The van der Waals surface area contributed by atoms with Gasteiger partial charge < -0.3 is 5.11 Å². The number of aliphatic carboxylic acids is 1. The summed E-state index contributed by atoms with van der Waals surface area (Å²) in [6.45, 7) is 1.06. The number of carbonyl (C=O) groups is 1. The van der Waals surface area contributed by atoms with Crippen LogP contribution in [0.1, 0.15) is 6.92 Å². The largest absolute Gasteiger partial charge is 0.480 e. The number of halogens is 2. The summed E-state index contributed by atoms with van der Waals surface area (Å²) in [6.07, 6.45) is 0. The van der Waals surface area contributed by atoms with Crippen molar-refractivity contribution in [2.24, 2.45) is 0 Å². The third kappa shape index (κ3) is 3.25. The molecule has 0 saturated carbocycles. The Kier molecular flexibility index (Phi) is 5.25. The molecule has 0 aromatic heterocycles. The second-order valence-corrected chi connectivity index (χ2v) is 8.14. The monoisotopic (exact) mass is 357 g/mol. The Morgan fingerprint density at radius 2 is 1.59 bits per heavy atom. The molecular weight excluding hydrogens is 344 g/mol. The number of sulfonamides is 1. The van der Waals surface area contributed by atoms with Crippen LogP contribution in [0, 0.1) is 0 Å². The molecule has 0 spiro atoms. The first-order chi connectivity index (χ1) is 9.94. The number of hydrogen-bond acceptors (Lipinski definition) is 5. The highest BCUT2D eigenvalue weighted by molar-refractivity contribution is 7.93. The van der Waals surface area contributed by atoms with Crippen LogP contribution in [0.3, 0.4) is 0 Å². The first kappa shape index (κ1) is 18.5. The Hall–Kier alpha value is -1.59. The lowest BCUT2D eigenvalue weighted by Crippen LogP contribution is -2.40. The number of likely N-dealkylation sites (N-methyl/N-ethyl adjacent to an activating group) is 1. The smallest absolute Gasteiger partial charge is 0.341 e. The molecule has 0 amide bonds. The van der Waals surface area contributed by atoms with Gasteiger partial charge in [0, 0.05) is 7.05 Å². The fourth-order valence-corrected chi connectivity index (χ4v) is 4.38. The van der Waals surface area contributed by atoms with E-state index in [0.717, 1.165) is 38.2 Å². The van der Waals surface area contributed by atoms with Crippen molar-refractivity contribution in [2.75, 3.05) is 7.05 Å². The quantitative estimate of drug-likeness (QED) is 0.806. The van der Waals surface area contributed by atoms with Crippen LogP contribution in [0.5, 0.6) is 0 Å². The number of hydrogen-bond donors (Lipinski definition) is 1. The molecule has 124 valence electrons. The molecule has 22 heavy (non-hydrogen) atoms. The Morgan fingerprint density at radius 3 is 2.00 bits per heavy atom. The van der Waals surface area contributed by atoms with Crippen LogP contribution in [0.2, 0.25) is 0 Å². The Labute approximate surface area is 126 Å². The lowest BCUT2D eigenvalue weighted by Gasteiger charge is -2.22. The highest BCUT2D eigenvalue weighted by atomic mass is 32.2. The zero-order valence-corrected chi connectivity index (χ0v) is 13.1. The zero-order valence-electron chi connectivity index (χ0n) is 11.5. The highest BCUT2D eigenvalue weighted by Crippen LogP contribution is 2.28. The van der Waals surface area contributed by atoms with Crippen LogP contribution in [-0.4, -0.2) is 51.1 Å². The number of carboxylic acid groups (broad SMARTS) is 1. The first-order valence-corrected chi connectivity index (χ1v) is 8.74. The molecule has 1 unspecified atom stereocenters. The summed E-state index contributed by atoms with van der Waals surface area (Å²) in [4.78, 5) is 8.89. The molecule has 7 nitrogen and oxygen atoms in total. The van der Waals surface area contributed by atoms with E-state index in [4.69, 9.17) is 5.11 Å². The molecule has 1 N–H and O–H groups in total. The molecule has 1 atom stereocenters. The van der Waals surface area contributed by atoms with E-state index in [1.807, 2.05) is 0 Å². The van der Waals surface area contributed by atoms with Gasteiger partial charge in [0.25, 0.3) is 0 Å². The van der Waals surface area contributed by atoms with Crippen molar-refractivity contribution in [2.45, 2.75) is 28.5 Å². The van der Waals surface area contributed by atoms with Crippen molar-refractivity contribution < 1.29 is 35.5 Å². The minimum atomic E-state index is -5.16. The van der Waals surface area contributed by atoms with Crippen molar-refractivity contribution in [3.05, 3.63) is 24.3 Å². The molecule has 1 aromatic rings. The lowest BCUT2D eigenvalue weighted by atomic mass is 10.4. The molecule has 0 aliphatic heterocycles. The number of sulfone groups is 1. The first-order valence-electron chi connectivity index (χ1n) is 5.76. The molecule has 0 heterocycles. The maximum atomic E-state index is 12.7. The van der Waals surface area contributed by atoms with E-state index in [1.165, 1.54) is 0 Å². The van der Waals surface area contributed by atoms with E-state index in [1.54, 1.807) is 0 Å². The number of benzene rings is 1. The molecular formula is C11H13F2NO6S2. The summed E-state index contributed by atoms with van der Waals surface area (Å²) in [7, 11) is -8.83. The van der Waals surface area contributed by atoms with Crippen molar-refractivity contribution in [1.82, 2.24) is 4.31 Å². The standard InChI is InChI=1S/C11H13F2NO6S2/c1-7(10(15)16)14(2)22(19,20)9-6-4-3-5-8(9)21(17,18)11(12)13/h3-7,11H,1-2H3,(H,15,16). The van der Waals surface area contributed by atoms with Gasteiger partial charge in [-0.25, -0.2) is 16.8 Å².